The molecule has 0 saturated heterocycles. The Hall–Kier alpha value is -3.34. The average Bonchev–Trinajstić information content (AvgIpc) is 2.65. The topological polar surface area (TPSA) is 128 Å². The zero-order valence-corrected chi connectivity index (χ0v) is 17.6. The van der Waals surface area contributed by atoms with E-state index in [0.29, 0.717) is 11.4 Å². The molecular formula is C19H21N3O7S. The second-order valence-corrected chi connectivity index (χ2v) is 9.03. The van der Waals surface area contributed by atoms with Gasteiger partial charge in [0.2, 0.25) is 5.91 Å². The summed E-state index contributed by atoms with van der Waals surface area (Å²) in [5, 5.41) is 11.0. The van der Waals surface area contributed by atoms with Gasteiger partial charge in [-0.25, -0.2) is 8.42 Å². The lowest BCUT2D eigenvalue weighted by Crippen LogP contribution is -2.48. The summed E-state index contributed by atoms with van der Waals surface area (Å²) in [5.41, 5.74) is -0.675. The first-order chi connectivity index (χ1) is 13.9. The van der Waals surface area contributed by atoms with Crippen molar-refractivity contribution in [2.45, 2.75) is 31.3 Å². The second kappa shape index (κ2) is 7.48. The Kier molecular flexibility index (Phi) is 5.33. The summed E-state index contributed by atoms with van der Waals surface area (Å²) in [4.78, 5) is 23.8. The highest BCUT2D eigenvalue weighted by molar-refractivity contribution is 7.92. The van der Waals surface area contributed by atoms with Crippen molar-refractivity contribution >= 4 is 33.0 Å². The van der Waals surface area contributed by atoms with Gasteiger partial charge in [0.15, 0.2) is 0 Å². The molecular weight excluding hydrogens is 414 g/mol. The number of non-ortho nitro benzene ring substituents is 1. The van der Waals surface area contributed by atoms with Gasteiger partial charge in [0, 0.05) is 19.1 Å². The molecule has 0 saturated carbocycles. The van der Waals surface area contributed by atoms with Gasteiger partial charge in [0.1, 0.15) is 17.1 Å². The molecule has 0 aliphatic carbocycles. The van der Waals surface area contributed by atoms with Gasteiger partial charge >= 0.3 is 0 Å². The molecule has 1 aliphatic heterocycles. The third-order valence-electron chi connectivity index (χ3n) is 4.47. The van der Waals surface area contributed by atoms with Gasteiger partial charge in [0.05, 0.1) is 34.8 Å². The maximum Gasteiger partial charge on any atom is 0.271 e. The Bertz CT molecular complexity index is 1130. The standard InChI is InChI=1S/C19H21N3O7S/c1-12(23)21-11-19(2,3)29-18-8-6-14(10-16(18)21)30(26,27)20-15-9-13(22(24)25)5-7-17(15)28-4/h5-10,20H,11H2,1-4H3. The molecule has 0 aromatic heterocycles. The van der Waals surface area contributed by atoms with E-state index in [-0.39, 0.29) is 34.5 Å². The van der Waals surface area contributed by atoms with Crippen LogP contribution in [0.15, 0.2) is 41.3 Å². The quantitative estimate of drug-likeness (QED) is 0.565. The Morgan fingerprint density at radius 1 is 1.27 bits per heavy atom. The first kappa shape index (κ1) is 21.4. The van der Waals surface area contributed by atoms with Crippen LogP contribution in [0.2, 0.25) is 0 Å². The number of hydrogen-bond donors (Lipinski definition) is 1. The molecule has 1 heterocycles. The van der Waals surface area contributed by atoms with Crippen molar-refractivity contribution in [3.8, 4) is 11.5 Å². The number of hydrogen-bond acceptors (Lipinski definition) is 7. The van der Waals surface area contributed by atoms with Crippen molar-refractivity contribution in [2.24, 2.45) is 0 Å². The van der Waals surface area contributed by atoms with E-state index < -0.39 is 20.5 Å². The van der Waals surface area contributed by atoms with Crippen LogP contribution >= 0.6 is 0 Å². The predicted molar refractivity (Wildman–Crippen MR) is 110 cm³/mol. The normalized spacial score (nSPS) is 15.0. The first-order valence-electron chi connectivity index (χ1n) is 8.90. The van der Waals surface area contributed by atoms with Gasteiger partial charge in [-0.2, -0.15) is 0 Å². The summed E-state index contributed by atoms with van der Waals surface area (Å²) >= 11 is 0. The van der Waals surface area contributed by atoms with Gasteiger partial charge < -0.3 is 14.4 Å². The van der Waals surface area contributed by atoms with E-state index in [1.165, 1.54) is 49.3 Å². The van der Waals surface area contributed by atoms with Crippen LogP contribution in [-0.2, 0) is 14.8 Å². The minimum atomic E-state index is -4.15. The fourth-order valence-electron chi connectivity index (χ4n) is 3.13. The number of fused-ring (bicyclic) bond motifs is 1. The predicted octanol–water partition coefficient (Wildman–Crippen LogP) is 2.93. The SMILES string of the molecule is COc1ccc([N+](=O)[O-])cc1NS(=O)(=O)c1ccc2c(c1)N(C(C)=O)CC(C)(C)O2. The number of ether oxygens (including phenoxy) is 2. The molecule has 1 N–H and O–H groups in total. The summed E-state index contributed by atoms with van der Waals surface area (Å²) in [5.74, 6) is 0.251. The minimum Gasteiger partial charge on any atom is -0.495 e. The van der Waals surface area contributed by atoms with Crippen molar-refractivity contribution < 1.29 is 27.6 Å². The van der Waals surface area contributed by atoms with E-state index in [4.69, 9.17) is 9.47 Å². The average molecular weight is 435 g/mol. The third-order valence-corrected chi connectivity index (χ3v) is 5.84. The molecule has 0 bridgehead atoms. The molecule has 2 aromatic rings. The summed E-state index contributed by atoms with van der Waals surface area (Å²) in [6.45, 7) is 5.29. The number of anilines is 2. The molecule has 11 heteroatoms. The lowest BCUT2D eigenvalue weighted by Gasteiger charge is -2.39. The highest BCUT2D eigenvalue weighted by Crippen LogP contribution is 2.39. The van der Waals surface area contributed by atoms with E-state index in [9.17, 15) is 23.3 Å². The first-order valence-corrected chi connectivity index (χ1v) is 10.4. The summed E-state index contributed by atoms with van der Waals surface area (Å²) in [6.07, 6.45) is 0. The van der Waals surface area contributed by atoms with E-state index in [1.807, 2.05) is 13.8 Å². The van der Waals surface area contributed by atoms with Crippen molar-refractivity contribution in [3.63, 3.8) is 0 Å². The van der Waals surface area contributed by atoms with Crippen LogP contribution in [0.25, 0.3) is 0 Å². The van der Waals surface area contributed by atoms with Gasteiger partial charge in [0.25, 0.3) is 15.7 Å². The number of methoxy groups -OCH3 is 1. The van der Waals surface area contributed by atoms with Crippen LogP contribution in [0.3, 0.4) is 0 Å². The second-order valence-electron chi connectivity index (χ2n) is 7.34. The molecule has 0 atom stereocenters. The lowest BCUT2D eigenvalue weighted by molar-refractivity contribution is -0.384. The van der Waals surface area contributed by atoms with Crippen LogP contribution in [0.5, 0.6) is 11.5 Å². The molecule has 0 spiro atoms. The summed E-state index contributed by atoms with van der Waals surface area (Å²) < 4.78 is 39.2. The number of nitrogens with zero attached hydrogens (tertiary/aromatic N) is 2. The molecule has 160 valence electrons. The van der Waals surface area contributed by atoms with Gasteiger partial charge in [-0.15, -0.1) is 0 Å². The largest absolute Gasteiger partial charge is 0.495 e. The fraction of sp³-hybridized carbons (Fsp3) is 0.316. The summed E-state index contributed by atoms with van der Waals surface area (Å²) in [7, 11) is -2.82. The molecule has 1 amide bonds. The molecule has 0 unspecified atom stereocenters. The Balaban J connectivity index is 2.03. The highest BCUT2D eigenvalue weighted by atomic mass is 32.2. The van der Waals surface area contributed by atoms with Crippen molar-refractivity contribution in [1.82, 2.24) is 0 Å². The molecule has 3 rings (SSSR count). The van der Waals surface area contributed by atoms with Crippen LogP contribution in [0.4, 0.5) is 17.1 Å². The van der Waals surface area contributed by atoms with E-state index in [1.54, 1.807) is 0 Å². The van der Waals surface area contributed by atoms with Crippen molar-refractivity contribution in [3.05, 3.63) is 46.5 Å². The number of amides is 1. The molecule has 1 aliphatic rings. The molecule has 2 aromatic carbocycles. The van der Waals surface area contributed by atoms with Crippen molar-refractivity contribution in [1.29, 1.82) is 0 Å². The van der Waals surface area contributed by atoms with Gasteiger partial charge in [-0.05, 0) is 38.1 Å². The monoisotopic (exact) mass is 435 g/mol. The summed E-state index contributed by atoms with van der Waals surface area (Å²) in [6, 6.07) is 7.73. The minimum absolute atomic E-state index is 0.0785. The van der Waals surface area contributed by atoms with E-state index >= 15 is 0 Å². The highest BCUT2D eigenvalue weighted by Gasteiger charge is 2.34. The van der Waals surface area contributed by atoms with Crippen LogP contribution in [0, 0.1) is 10.1 Å². The van der Waals surface area contributed by atoms with Crippen molar-refractivity contribution in [2.75, 3.05) is 23.3 Å². The third kappa shape index (κ3) is 4.15. The molecule has 0 radical (unpaired) electrons. The van der Waals surface area contributed by atoms with Gasteiger partial charge in [-0.1, -0.05) is 0 Å². The zero-order valence-electron chi connectivity index (χ0n) is 16.8. The maximum absolute atomic E-state index is 13.0. The van der Waals surface area contributed by atoms with E-state index in [2.05, 4.69) is 4.72 Å². The number of benzene rings is 2. The Labute approximate surface area is 173 Å². The van der Waals surface area contributed by atoms with Gasteiger partial charge in [-0.3, -0.25) is 19.6 Å². The molecule has 10 nitrogen and oxygen atoms in total. The molecule has 30 heavy (non-hydrogen) atoms. The smallest absolute Gasteiger partial charge is 0.271 e. The number of nitro groups is 1. The number of carbonyl (C=O) groups excluding carboxylic acids is 1. The number of sulfonamides is 1. The lowest BCUT2D eigenvalue weighted by atomic mass is 10.1. The number of nitro benzene ring substituents is 1. The number of nitrogens with one attached hydrogen (secondary N) is 1. The maximum atomic E-state index is 13.0. The zero-order chi connectivity index (χ0) is 22.3. The Morgan fingerprint density at radius 2 is 1.97 bits per heavy atom. The number of carbonyl (C=O) groups is 1. The fourth-order valence-corrected chi connectivity index (χ4v) is 4.21. The number of rotatable bonds is 5. The van der Waals surface area contributed by atoms with E-state index in [0.717, 1.165) is 6.07 Å². The molecule has 0 fully saturated rings. The van der Waals surface area contributed by atoms with Crippen LogP contribution in [0.1, 0.15) is 20.8 Å². The van der Waals surface area contributed by atoms with Crippen LogP contribution in [-0.4, -0.2) is 38.5 Å². The van der Waals surface area contributed by atoms with Crippen LogP contribution < -0.4 is 19.1 Å². The Morgan fingerprint density at radius 3 is 2.57 bits per heavy atom.